The maximum Gasteiger partial charge on any atom is 0.416 e. The second-order valence-electron chi connectivity index (χ2n) is 7.06. The molecule has 3 aliphatic rings. The van der Waals surface area contributed by atoms with Crippen LogP contribution in [0, 0.1) is 11.8 Å². The Hall–Kier alpha value is -1.96. The van der Waals surface area contributed by atoms with Gasteiger partial charge < -0.3 is 10.6 Å². The van der Waals surface area contributed by atoms with E-state index in [1.165, 1.54) is 18.6 Å². The van der Waals surface area contributed by atoms with Crippen LogP contribution in [0.5, 0.6) is 0 Å². The van der Waals surface area contributed by atoms with Crippen LogP contribution >= 0.6 is 11.8 Å². The molecular weight excluding hydrogens is 365 g/mol. The molecule has 2 fully saturated rings. The van der Waals surface area contributed by atoms with Gasteiger partial charge in [0.1, 0.15) is 0 Å². The van der Waals surface area contributed by atoms with Crippen LogP contribution in [0.1, 0.15) is 31.2 Å². The van der Waals surface area contributed by atoms with Crippen LogP contribution in [-0.4, -0.2) is 17.9 Å². The lowest BCUT2D eigenvalue weighted by Crippen LogP contribution is -2.38. The van der Waals surface area contributed by atoms with Gasteiger partial charge in [0.2, 0.25) is 5.91 Å². The SMILES string of the molecule is O=C(/C=C1/Sc2ccc(C(F)(F)F)cc2NC1=O)N[C@@H]1C[C@H]2CC[C@H]1C2. The summed E-state index contributed by atoms with van der Waals surface area (Å²) < 4.78 is 38.3. The molecule has 0 saturated heterocycles. The van der Waals surface area contributed by atoms with Gasteiger partial charge in [-0.2, -0.15) is 13.2 Å². The third-order valence-electron chi connectivity index (χ3n) is 5.33. The fraction of sp³-hybridized carbons (Fsp3) is 0.444. The van der Waals surface area contributed by atoms with Gasteiger partial charge in [0, 0.05) is 17.0 Å². The van der Waals surface area contributed by atoms with Crippen LogP contribution in [0.2, 0.25) is 0 Å². The van der Waals surface area contributed by atoms with E-state index in [2.05, 4.69) is 10.6 Å². The molecule has 1 aromatic carbocycles. The molecule has 1 heterocycles. The van der Waals surface area contributed by atoms with Gasteiger partial charge in [0.15, 0.2) is 0 Å². The van der Waals surface area contributed by atoms with Crippen LogP contribution in [0.25, 0.3) is 0 Å². The van der Waals surface area contributed by atoms with E-state index in [-0.39, 0.29) is 22.5 Å². The Morgan fingerprint density at radius 1 is 1.27 bits per heavy atom. The van der Waals surface area contributed by atoms with E-state index < -0.39 is 17.6 Å². The third-order valence-corrected chi connectivity index (χ3v) is 6.43. The molecule has 138 valence electrons. The molecule has 2 aliphatic carbocycles. The first-order valence-corrected chi connectivity index (χ1v) is 9.34. The second-order valence-corrected chi connectivity index (χ2v) is 8.15. The number of alkyl halides is 3. The van der Waals surface area contributed by atoms with Gasteiger partial charge in [-0.1, -0.05) is 18.2 Å². The summed E-state index contributed by atoms with van der Waals surface area (Å²) in [7, 11) is 0. The number of anilines is 1. The fourth-order valence-electron chi connectivity index (χ4n) is 4.10. The highest BCUT2D eigenvalue weighted by atomic mass is 32.2. The molecule has 1 aromatic rings. The summed E-state index contributed by atoms with van der Waals surface area (Å²) in [6.07, 6.45) is 1.28. The molecule has 26 heavy (non-hydrogen) atoms. The lowest BCUT2D eigenvalue weighted by molar-refractivity contribution is -0.137. The van der Waals surface area contributed by atoms with E-state index in [1.807, 2.05) is 0 Å². The van der Waals surface area contributed by atoms with Crippen molar-refractivity contribution in [3.05, 3.63) is 34.7 Å². The molecule has 2 N–H and O–H groups in total. The highest BCUT2D eigenvalue weighted by Gasteiger charge is 2.40. The normalized spacial score (nSPS) is 28.8. The molecule has 2 saturated carbocycles. The predicted molar refractivity (Wildman–Crippen MR) is 91.4 cm³/mol. The standard InChI is InChI=1S/C18H17F3N2O2S/c19-18(20,21)11-3-4-14-13(7-11)23-17(25)15(26-14)8-16(24)22-12-6-9-1-2-10(12)5-9/h3-4,7-10,12H,1-2,5-6H2,(H,22,24)(H,23,25)/b15-8+/t9-,10-,12+/m0/s1. The van der Waals surface area contributed by atoms with Crippen molar-refractivity contribution in [2.45, 2.75) is 42.8 Å². The maximum atomic E-state index is 12.8. The first kappa shape index (κ1) is 17.5. The van der Waals surface area contributed by atoms with Crippen molar-refractivity contribution in [1.29, 1.82) is 0 Å². The van der Waals surface area contributed by atoms with Gasteiger partial charge in [-0.15, -0.1) is 0 Å². The number of thioether (sulfide) groups is 1. The monoisotopic (exact) mass is 382 g/mol. The average molecular weight is 382 g/mol. The van der Waals surface area contributed by atoms with Gasteiger partial charge >= 0.3 is 6.18 Å². The molecule has 2 amide bonds. The molecule has 0 spiro atoms. The Bertz CT molecular complexity index is 806. The Kier molecular flexibility index (Phi) is 4.25. The van der Waals surface area contributed by atoms with Gasteiger partial charge in [-0.3, -0.25) is 9.59 Å². The zero-order valence-corrected chi connectivity index (χ0v) is 14.5. The molecule has 8 heteroatoms. The summed E-state index contributed by atoms with van der Waals surface area (Å²) in [6, 6.07) is 3.35. The molecule has 4 nitrogen and oxygen atoms in total. The summed E-state index contributed by atoms with van der Waals surface area (Å²) in [5, 5.41) is 5.41. The average Bonchev–Trinajstić information content (AvgIpc) is 3.17. The van der Waals surface area contributed by atoms with E-state index in [9.17, 15) is 22.8 Å². The minimum atomic E-state index is -4.47. The molecule has 1 aliphatic heterocycles. The van der Waals surface area contributed by atoms with Crippen molar-refractivity contribution in [2.24, 2.45) is 11.8 Å². The Balaban J connectivity index is 1.47. The molecule has 4 rings (SSSR count). The zero-order chi connectivity index (χ0) is 18.5. The van der Waals surface area contributed by atoms with Crippen LogP contribution in [0.3, 0.4) is 0 Å². The van der Waals surface area contributed by atoms with E-state index >= 15 is 0 Å². The van der Waals surface area contributed by atoms with Crippen molar-refractivity contribution >= 4 is 29.3 Å². The van der Waals surface area contributed by atoms with E-state index in [0.717, 1.165) is 43.2 Å². The van der Waals surface area contributed by atoms with Crippen molar-refractivity contribution in [3.8, 4) is 0 Å². The summed E-state index contributed by atoms with van der Waals surface area (Å²) in [5.41, 5.74) is -0.709. The van der Waals surface area contributed by atoms with Crippen LogP contribution in [0.15, 0.2) is 34.1 Å². The molecule has 0 unspecified atom stereocenters. The number of nitrogens with one attached hydrogen (secondary N) is 2. The summed E-state index contributed by atoms with van der Waals surface area (Å²) in [6.45, 7) is 0. The molecule has 0 radical (unpaired) electrons. The van der Waals surface area contributed by atoms with Crippen molar-refractivity contribution in [3.63, 3.8) is 0 Å². The highest BCUT2D eigenvalue weighted by molar-refractivity contribution is 8.04. The van der Waals surface area contributed by atoms with Crippen LogP contribution in [-0.2, 0) is 15.8 Å². The number of carbonyl (C=O) groups is 2. The first-order valence-electron chi connectivity index (χ1n) is 8.52. The summed E-state index contributed by atoms with van der Waals surface area (Å²) >= 11 is 1.01. The zero-order valence-electron chi connectivity index (χ0n) is 13.7. The van der Waals surface area contributed by atoms with Gasteiger partial charge in [-0.05, 0) is 49.3 Å². The number of amides is 2. The molecule has 3 atom stereocenters. The number of rotatable bonds is 2. The van der Waals surface area contributed by atoms with Crippen LogP contribution < -0.4 is 10.6 Å². The molecule has 0 aromatic heterocycles. The van der Waals surface area contributed by atoms with E-state index in [4.69, 9.17) is 0 Å². The lowest BCUT2D eigenvalue weighted by Gasteiger charge is -2.23. The topological polar surface area (TPSA) is 58.2 Å². The number of hydrogen-bond acceptors (Lipinski definition) is 3. The first-order chi connectivity index (χ1) is 12.3. The Labute approximate surface area is 152 Å². The largest absolute Gasteiger partial charge is 0.416 e. The lowest BCUT2D eigenvalue weighted by atomic mass is 9.95. The van der Waals surface area contributed by atoms with Crippen molar-refractivity contribution in [2.75, 3.05) is 5.32 Å². The van der Waals surface area contributed by atoms with E-state index in [0.29, 0.717) is 16.7 Å². The summed E-state index contributed by atoms with van der Waals surface area (Å²) in [4.78, 5) is 25.1. The fourth-order valence-corrected chi connectivity index (χ4v) is 5.00. The molecule has 2 bridgehead atoms. The van der Waals surface area contributed by atoms with Gasteiger partial charge in [0.05, 0.1) is 16.2 Å². The second kappa shape index (κ2) is 6.33. The number of halogens is 3. The maximum absolute atomic E-state index is 12.8. The predicted octanol–water partition coefficient (Wildman–Crippen LogP) is 3.94. The van der Waals surface area contributed by atoms with Crippen molar-refractivity contribution < 1.29 is 22.8 Å². The van der Waals surface area contributed by atoms with Gasteiger partial charge in [-0.25, -0.2) is 0 Å². The smallest absolute Gasteiger partial charge is 0.349 e. The van der Waals surface area contributed by atoms with E-state index in [1.54, 1.807) is 0 Å². The minimum Gasteiger partial charge on any atom is -0.349 e. The quantitative estimate of drug-likeness (QED) is 0.762. The number of benzene rings is 1. The Morgan fingerprint density at radius 3 is 2.73 bits per heavy atom. The highest BCUT2D eigenvalue weighted by Crippen LogP contribution is 2.45. The van der Waals surface area contributed by atoms with Crippen molar-refractivity contribution in [1.82, 2.24) is 5.32 Å². The number of hydrogen-bond donors (Lipinski definition) is 2. The summed E-state index contributed by atoms with van der Waals surface area (Å²) in [5.74, 6) is 0.331. The Morgan fingerprint density at radius 2 is 2.08 bits per heavy atom. The van der Waals surface area contributed by atoms with Gasteiger partial charge in [0.25, 0.3) is 5.91 Å². The number of fused-ring (bicyclic) bond motifs is 3. The third kappa shape index (κ3) is 3.34. The molecular formula is C18H17F3N2O2S. The number of carbonyl (C=O) groups excluding carboxylic acids is 2. The minimum absolute atomic E-state index is 0.112. The van der Waals surface area contributed by atoms with Crippen LogP contribution in [0.4, 0.5) is 18.9 Å².